The Balaban J connectivity index is 1.89. The third-order valence-electron chi connectivity index (χ3n) is 4.49. The zero-order valence-electron chi connectivity index (χ0n) is 12.6. The van der Waals surface area contributed by atoms with Gasteiger partial charge in [0.05, 0.1) is 13.0 Å². The monoisotopic (exact) mass is 291 g/mol. The maximum Gasteiger partial charge on any atom is 0.314 e. The van der Waals surface area contributed by atoms with Crippen LogP contribution in [0.4, 0.5) is 0 Å². The van der Waals surface area contributed by atoms with Gasteiger partial charge in [0.25, 0.3) is 0 Å². The summed E-state index contributed by atoms with van der Waals surface area (Å²) in [4.78, 5) is 12.0. The van der Waals surface area contributed by atoms with Crippen LogP contribution in [0.15, 0.2) is 30.3 Å². The molecule has 3 atom stereocenters. The summed E-state index contributed by atoms with van der Waals surface area (Å²) in [7, 11) is 1.43. The molecular formula is C17H25NO3. The van der Waals surface area contributed by atoms with Crippen LogP contribution in [-0.2, 0) is 9.53 Å². The van der Waals surface area contributed by atoms with Crippen LogP contribution in [0.25, 0.3) is 0 Å². The summed E-state index contributed by atoms with van der Waals surface area (Å²) >= 11 is 0. The molecule has 116 valence electrons. The fourth-order valence-electron chi connectivity index (χ4n) is 3.20. The third-order valence-corrected chi connectivity index (χ3v) is 4.49. The van der Waals surface area contributed by atoms with Gasteiger partial charge in [-0.15, -0.1) is 0 Å². The lowest BCUT2D eigenvalue weighted by Gasteiger charge is -2.20. The average molecular weight is 291 g/mol. The first-order chi connectivity index (χ1) is 10.3. The van der Waals surface area contributed by atoms with Crippen molar-refractivity contribution in [3.05, 3.63) is 35.9 Å². The van der Waals surface area contributed by atoms with Gasteiger partial charge in [-0.1, -0.05) is 36.8 Å². The molecule has 1 aromatic rings. The quantitative estimate of drug-likeness (QED) is 0.754. The summed E-state index contributed by atoms with van der Waals surface area (Å²) in [5.74, 6) is 0.443. The zero-order chi connectivity index (χ0) is 15.1. The Labute approximate surface area is 126 Å². The van der Waals surface area contributed by atoms with Crippen molar-refractivity contribution < 1.29 is 14.6 Å². The molecule has 1 fully saturated rings. The van der Waals surface area contributed by atoms with E-state index < -0.39 is 0 Å². The predicted octanol–water partition coefficient (Wildman–Crippen LogP) is 1.94. The first-order valence-electron chi connectivity index (χ1n) is 7.70. The fourth-order valence-corrected chi connectivity index (χ4v) is 3.20. The van der Waals surface area contributed by atoms with E-state index in [-0.39, 0.29) is 18.5 Å². The molecule has 0 radical (unpaired) electrons. The first kappa shape index (κ1) is 16.0. The summed E-state index contributed by atoms with van der Waals surface area (Å²) in [6, 6.07) is 9.72. The van der Waals surface area contributed by atoms with E-state index in [0.717, 1.165) is 24.9 Å². The number of methoxy groups -OCH3 is 1. The van der Waals surface area contributed by atoms with Crippen molar-refractivity contribution >= 4 is 5.97 Å². The highest BCUT2D eigenvalue weighted by Crippen LogP contribution is 2.30. The van der Waals surface area contributed by atoms with Crippen molar-refractivity contribution in [2.24, 2.45) is 11.8 Å². The summed E-state index contributed by atoms with van der Waals surface area (Å²) in [6.45, 7) is 1.70. The van der Waals surface area contributed by atoms with Crippen molar-refractivity contribution in [1.82, 2.24) is 5.32 Å². The maximum atomic E-state index is 12.0. The molecule has 1 aliphatic rings. The molecule has 0 bridgehead atoms. The van der Waals surface area contributed by atoms with Crippen LogP contribution in [-0.4, -0.2) is 37.9 Å². The van der Waals surface area contributed by atoms with Gasteiger partial charge in [-0.2, -0.15) is 0 Å². The van der Waals surface area contributed by atoms with Crippen LogP contribution in [0, 0.1) is 11.8 Å². The van der Waals surface area contributed by atoms with Gasteiger partial charge < -0.3 is 15.2 Å². The lowest BCUT2D eigenvalue weighted by molar-refractivity contribution is -0.142. The smallest absolute Gasteiger partial charge is 0.314 e. The molecule has 0 spiro atoms. The lowest BCUT2D eigenvalue weighted by Crippen LogP contribution is -2.33. The molecule has 3 unspecified atom stereocenters. The summed E-state index contributed by atoms with van der Waals surface area (Å²) < 4.78 is 4.91. The number of benzene rings is 1. The standard InChI is InChI=1S/C17H25NO3/c1-21-17(20)16(13-6-3-2-4-7-13)11-18-10-14-8-5-9-15(14)12-19/h2-4,6-7,14-16,18-19H,5,8-12H2,1H3. The minimum absolute atomic E-state index is 0.209. The van der Waals surface area contributed by atoms with E-state index in [1.165, 1.54) is 13.5 Å². The summed E-state index contributed by atoms with van der Waals surface area (Å²) in [5.41, 5.74) is 0.974. The minimum Gasteiger partial charge on any atom is -0.469 e. The zero-order valence-corrected chi connectivity index (χ0v) is 12.6. The topological polar surface area (TPSA) is 58.6 Å². The second-order valence-electron chi connectivity index (χ2n) is 5.78. The lowest BCUT2D eigenvalue weighted by atomic mass is 9.95. The fraction of sp³-hybridized carbons (Fsp3) is 0.588. The van der Waals surface area contributed by atoms with Crippen LogP contribution in [0.5, 0.6) is 0 Å². The number of carbonyl (C=O) groups excluding carboxylic acids is 1. The Morgan fingerprint density at radius 1 is 1.33 bits per heavy atom. The number of rotatable bonds is 7. The molecule has 0 saturated heterocycles. The van der Waals surface area contributed by atoms with Crippen LogP contribution in [0.2, 0.25) is 0 Å². The minimum atomic E-state index is -0.273. The van der Waals surface area contributed by atoms with Gasteiger partial charge in [-0.25, -0.2) is 0 Å². The third kappa shape index (κ3) is 4.29. The number of hydrogen-bond donors (Lipinski definition) is 2. The number of nitrogens with one attached hydrogen (secondary N) is 1. The molecule has 1 aliphatic carbocycles. The van der Waals surface area contributed by atoms with E-state index in [4.69, 9.17) is 4.74 Å². The molecule has 2 rings (SSSR count). The van der Waals surface area contributed by atoms with E-state index in [1.807, 2.05) is 30.3 Å². The van der Waals surface area contributed by atoms with E-state index in [1.54, 1.807) is 0 Å². The van der Waals surface area contributed by atoms with E-state index in [9.17, 15) is 9.90 Å². The summed E-state index contributed by atoms with van der Waals surface area (Å²) in [5, 5.41) is 12.7. The van der Waals surface area contributed by atoms with Crippen molar-refractivity contribution in [2.45, 2.75) is 25.2 Å². The van der Waals surface area contributed by atoms with Gasteiger partial charge >= 0.3 is 5.97 Å². The second-order valence-corrected chi connectivity index (χ2v) is 5.78. The van der Waals surface area contributed by atoms with Gasteiger partial charge in [0, 0.05) is 13.2 Å². The normalized spacial score (nSPS) is 23.0. The van der Waals surface area contributed by atoms with Crippen molar-refractivity contribution in [3.8, 4) is 0 Å². The van der Waals surface area contributed by atoms with Gasteiger partial charge in [0.2, 0.25) is 0 Å². The molecule has 0 heterocycles. The number of ether oxygens (including phenoxy) is 1. The molecule has 0 amide bonds. The van der Waals surface area contributed by atoms with Gasteiger partial charge in [0.1, 0.15) is 0 Å². The molecule has 2 N–H and O–H groups in total. The van der Waals surface area contributed by atoms with E-state index >= 15 is 0 Å². The molecular weight excluding hydrogens is 266 g/mol. The number of hydrogen-bond acceptors (Lipinski definition) is 4. The molecule has 1 saturated carbocycles. The molecule has 4 heteroatoms. The SMILES string of the molecule is COC(=O)C(CNCC1CCCC1CO)c1ccccc1. The molecule has 0 aliphatic heterocycles. The molecule has 0 aromatic heterocycles. The average Bonchev–Trinajstić information content (AvgIpc) is 2.99. The Morgan fingerprint density at radius 3 is 2.71 bits per heavy atom. The van der Waals surface area contributed by atoms with Crippen LogP contribution in [0.1, 0.15) is 30.7 Å². The Kier molecular flexibility index (Phi) is 6.21. The number of esters is 1. The van der Waals surface area contributed by atoms with E-state index in [0.29, 0.717) is 18.4 Å². The molecule has 21 heavy (non-hydrogen) atoms. The largest absolute Gasteiger partial charge is 0.469 e. The van der Waals surface area contributed by atoms with Crippen LogP contribution in [0.3, 0.4) is 0 Å². The number of carbonyl (C=O) groups is 1. The molecule has 1 aromatic carbocycles. The second kappa shape index (κ2) is 8.15. The Morgan fingerprint density at radius 2 is 2.05 bits per heavy atom. The van der Waals surface area contributed by atoms with Gasteiger partial charge in [0.15, 0.2) is 0 Å². The van der Waals surface area contributed by atoms with Gasteiger partial charge in [-0.3, -0.25) is 4.79 Å². The maximum absolute atomic E-state index is 12.0. The van der Waals surface area contributed by atoms with E-state index in [2.05, 4.69) is 5.32 Å². The van der Waals surface area contributed by atoms with Crippen molar-refractivity contribution in [2.75, 3.05) is 26.8 Å². The highest BCUT2D eigenvalue weighted by Gasteiger charge is 2.27. The number of aliphatic hydroxyl groups is 1. The summed E-state index contributed by atoms with van der Waals surface area (Å²) in [6.07, 6.45) is 3.46. The van der Waals surface area contributed by atoms with Crippen molar-refractivity contribution in [1.29, 1.82) is 0 Å². The van der Waals surface area contributed by atoms with Gasteiger partial charge in [-0.05, 0) is 36.8 Å². The Hall–Kier alpha value is -1.39. The van der Waals surface area contributed by atoms with Crippen LogP contribution < -0.4 is 5.32 Å². The predicted molar refractivity (Wildman–Crippen MR) is 82.0 cm³/mol. The van der Waals surface area contributed by atoms with Crippen LogP contribution >= 0.6 is 0 Å². The molecule has 4 nitrogen and oxygen atoms in total. The number of aliphatic hydroxyl groups excluding tert-OH is 1. The first-order valence-corrected chi connectivity index (χ1v) is 7.70. The highest BCUT2D eigenvalue weighted by molar-refractivity contribution is 5.78. The highest BCUT2D eigenvalue weighted by atomic mass is 16.5. The van der Waals surface area contributed by atoms with Crippen molar-refractivity contribution in [3.63, 3.8) is 0 Å². The Bertz CT molecular complexity index is 435.